The number of hydrogen-bond acceptors (Lipinski definition) is 4. The zero-order chi connectivity index (χ0) is 19.2. The SMILES string of the molecule is CCN(C(=O)c1ccc(C)cc1)c1ccnc(N[C@H](C)c2ccccc2)n1. The first kappa shape index (κ1) is 18.6. The lowest BCUT2D eigenvalue weighted by molar-refractivity contribution is 0.0987. The van der Waals surface area contributed by atoms with Crippen LogP contribution in [0.4, 0.5) is 11.8 Å². The van der Waals surface area contributed by atoms with Crippen LogP contribution in [0.25, 0.3) is 0 Å². The molecule has 27 heavy (non-hydrogen) atoms. The molecule has 0 spiro atoms. The number of carbonyl (C=O) groups is 1. The molecule has 0 aliphatic carbocycles. The number of nitrogens with one attached hydrogen (secondary N) is 1. The second-order valence-electron chi connectivity index (χ2n) is 6.43. The maximum Gasteiger partial charge on any atom is 0.259 e. The van der Waals surface area contributed by atoms with E-state index in [1.807, 2.05) is 56.3 Å². The van der Waals surface area contributed by atoms with Gasteiger partial charge in [-0.05, 0) is 44.5 Å². The molecule has 1 heterocycles. The lowest BCUT2D eigenvalue weighted by Gasteiger charge is -2.21. The molecule has 1 amide bonds. The van der Waals surface area contributed by atoms with Gasteiger partial charge < -0.3 is 5.32 Å². The van der Waals surface area contributed by atoms with Crippen LogP contribution in [0.15, 0.2) is 66.9 Å². The van der Waals surface area contributed by atoms with Crippen molar-refractivity contribution in [2.24, 2.45) is 0 Å². The van der Waals surface area contributed by atoms with Crippen molar-refractivity contribution >= 4 is 17.7 Å². The van der Waals surface area contributed by atoms with Crippen LogP contribution in [-0.4, -0.2) is 22.4 Å². The summed E-state index contributed by atoms with van der Waals surface area (Å²) in [5.41, 5.74) is 2.92. The number of anilines is 2. The van der Waals surface area contributed by atoms with E-state index in [0.717, 1.165) is 11.1 Å². The lowest BCUT2D eigenvalue weighted by atomic mass is 10.1. The maximum absolute atomic E-state index is 12.9. The molecule has 138 valence electrons. The van der Waals surface area contributed by atoms with Gasteiger partial charge in [-0.3, -0.25) is 9.69 Å². The Morgan fingerprint density at radius 1 is 1.07 bits per heavy atom. The van der Waals surface area contributed by atoms with Crippen molar-refractivity contribution in [2.45, 2.75) is 26.8 Å². The second kappa shape index (κ2) is 8.45. The molecular weight excluding hydrogens is 336 g/mol. The molecule has 0 aliphatic heterocycles. The minimum atomic E-state index is -0.0711. The van der Waals surface area contributed by atoms with Crippen molar-refractivity contribution in [3.8, 4) is 0 Å². The van der Waals surface area contributed by atoms with Gasteiger partial charge in [0.25, 0.3) is 5.91 Å². The van der Waals surface area contributed by atoms with Crippen LogP contribution in [0.5, 0.6) is 0 Å². The summed E-state index contributed by atoms with van der Waals surface area (Å²) in [5, 5.41) is 3.30. The van der Waals surface area contributed by atoms with E-state index in [1.165, 1.54) is 0 Å². The van der Waals surface area contributed by atoms with Gasteiger partial charge >= 0.3 is 0 Å². The first-order valence-corrected chi connectivity index (χ1v) is 9.11. The number of amides is 1. The highest BCUT2D eigenvalue weighted by molar-refractivity contribution is 6.05. The predicted octanol–water partition coefficient (Wildman–Crippen LogP) is 4.62. The van der Waals surface area contributed by atoms with Gasteiger partial charge in [-0.1, -0.05) is 48.0 Å². The normalized spacial score (nSPS) is 11.7. The molecule has 5 heteroatoms. The average Bonchev–Trinajstić information content (AvgIpc) is 2.70. The number of hydrogen-bond donors (Lipinski definition) is 1. The number of benzene rings is 2. The zero-order valence-electron chi connectivity index (χ0n) is 15.9. The summed E-state index contributed by atoms with van der Waals surface area (Å²) in [6.45, 7) is 6.52. The van der Waals surface area contributed by atoms with E-state index in [-0.39, 0.29) is 11.9 Å². The van der Waals surface area contributed by atoms with Crippen LogP contribution in [0.3, 0.4) is 0 Å². The largest absolute Gasteiger partial charge is 0.348 e. The topological polar surface area (TPSA) is 58.1 Å². The van der Waals surface area contributed by atoms with Crippen LogP contribution in [0.2, 0.25) is 0 Å². The fraction of sp³-hybridized carbons (Fsp3) is 0.227. The predicted molar refractivity (Wildman–Crippen MR) is 109 cm³/mol. The van der Waals surface area contributed by atoms with E-state index >= 15 is 0 Å². The van der Waals surface area contributed by atoms with E-state index in [1.54, 1.807) is 17.2 Å². The van der Waals surface area contributed by atoms with E-state index < -0.39 is 0 Å². The summed E-state index contributed by atoms with van der Waals surface area (Å²) in [6, 6.07) is 19.5. The van der Waals surface area contributed by atoms with E-state index in [2.05, 4.69) is 34.3 Å². The minimum Gasteiger partial charge on any atom is -0.348 e. The maximum atomic E-state index is 12.9. The third-order valence-corrected chi connectivity index (χ3v) is 4.42. The van der Waals surface area contributed by atoms with Gasteiger partial charge in [-0.2, -0.15) is 4.98 Å². The van der Waals surface area contributed by atoms with Crippen molar-refractivity contribution < 1.29 is 4.79 Å². The Balaban J connectivity index is 1.80. The highest BCUT2D eigenvalue weighted by Crippen LogP contribution is 2.20. The number of nitrogens with zero attached hydrogens (tertiary/aromatic N) is 3. The molecule has 1 aromatic heterocycles. The summed E-state index contributed by atoms with van der Waals surface area (Å²) in [6.07, 6.45) is 1.67. The van der Waals surface area contributed by atoms with Gasteiger partial charge in [0.15, 0.2) is 0 Å². The van der Waals surface area contributed by atoms with Gasteiger partial charge in [0.1, 0.15) is 5.82 Å². The molecule has 2 aromatic carbocycles. The fourth-order valence-corrected chi connectivity index (χ4v) is 2.85. The van der Waals surface area contributed by atoms with E-state index in [0.29, 0.717) is 23.9 Å². The molecule has 1 N–H and O–H groups in total. The monoisotopic (exact) mass is 360 g/mol. The summed E-state index contributed by atoms with van der Waals surface area (Å²) >= 11 is 0. The van der Waals surface area contributed by atoms with Crippen LogP contribution >= 0.6 is 0 Å². The third-order valence-electron chi connectivity index (χ3n) is 4.42. The summed E-state index contributed by atoms with van der Waals surface area (Å²) in [4.78, 5) is 23.4. The molecule has 0 unspecified atom stereocenters. The van der Waals surface area contributed by atoms with Crippen molar-refractivity contribution in [1.82, 2.24) is 9.97 Å². The molecule has 1 atom stereocenters. The van der Waals surface area contributed by atoms with Crippen LogP contribution < -0.4 is 10.2 Å². The van der Waals surface area contributed by atoms with Crippen molar-refractivity contribution in [2.75, 3.05) is 16.8 Å². The second-order valence-corrected chi connectivity index (χ2v) is 6.43. The zero-order valence-corrected chi connectivity index (χ0v) is 15.9. The van der Waals surface area contributed by atoms with Crippen LogP contribution in [0.1, 0.15) is 41.4 Å². The molecule has 0 saturated carbocycles. The number of carbonyl (C=O) groups excluding carboxylic acids is 1. The number of aryl methyl sites for hydroxylation is 1. The van der Waals surface area contributed by atoms with E-state index in [4.69, 9.17) is 0 Å². The molecule has 0 saturated heterocycles. The van der Waals surface area contributed by atoms with Gasteiger partial charge in [0.2, 0.25) is 5.95 Å². The standard InChI is InChI=1S/C22H24N4O/c1-4-26(21(27)19-12-10-16(2)11-13-19)20-14-15-23-22(25-20)24-17(3)18-8-6-5-7-9-18/h5-15,17H,4H2,1-3H3,(H,23,24,25)/t17-/m1/s1. The number of aromatic nitrogens is 2. The van der Waals surface area contributed by atoms with Gasteiger partial charge in [0.05, 0.1) is 6.04 Å². The third kappa shape index (κ3) is 4.50. The Hall–Kier alpha value is -3.21. The smallest absolute Gasteiger partial charge is 0.259 e. The molecule has 5 nitrogen and oxygen atoms in total. The molecule has 0 radical (unpaired) electrons. The Morgan fingerprint density at radius 3 is 2.44 bits per heavy atom. The lowest BCUT2D eigenvalue weighted by Crippen LogP contribution is -2.31. The summed E-state index contributed by atoms with van der Waals surface area (Å²) in [5.74, 6) is 1.01. The molecule has 0 fully saturated rings. The Labute approximate surface area is 160 Å². The van der Waals surface area contributed by atoms with Gasteiger partial charge in [-0.25, -0.2) is 4.98 Å². The summed E-state index contributed by atoms with van der Waals surface area (Å²) < 4.78 is 0. The van der Waals surface area contributed by atoms with Gasteiger partial charge in [-0.15, -0.1) is 0 Å². The number of rotatable bonds is 6. The Morgan fingerprint density at radius 2 is 1.78 bits per heavy atom. The van der Waals surface area contributed by atoms with Crippen LogP contribution in [-0.2, 0) is 0 Å². The Bertz CT molecular complexity index is 894. The molecule has 0 bridgehead atoms. The molecule has 0 aliphatic rings. The van der Waals surface area contributed by atoms with Crippen LogP contribution in [0, 0.1) is 6.92 Å². The van der Waals surface area contributed by atoms with Crippen molar-refractivity contribution in [3.05, 3.63) is 83.6 Å². The fourth-order valence-electron chi connectivity index (χ4n) is 2.85. The molecule has 3 rings (SSSR count). The van der Waals surface area contributed by atoms with Crippen molar-refractivity contribution in [1.29, 1.82) is 0 Å². The minimum absolute atomic E-state index is 0.0596. The summed E-state index contributed by atoms with van der Waals surface area (Å²) in [7, 11) is 0. The Kier molecular flexibility index (Phi) is 5.81. The van der Waals surface area contributed by atoms with Gasteiger partial charge in [0, 0.05) is 18.3 Å². The molecule has 3 aromatic rings. The molecular formula is C22H24N4O. The van der Waals surface area contributed by atoms with E-state index in [9.17, 15) is 4.79 Å². The van der Waals surface area contributed by atoms with Crippen molar-refractivity contribution in [3.63, 3.8) is 0 Å². The average molecular weight is 360 g/mol. The highest BCUT2D eigenvalue weighted by Gasteiger charge is 2.18. The highest BCUT2D eigenvalue weighted by atomic mass is 16.2. The first-order chi connectivity index (χ1) is 13.1. The quantitative estimate of drug-likeness (QED) is 0.696. The first-order valence-electron chi connectivity index (χ1n) is 9.11.